The molecule has 0 aliphatic rings. The molecule has 0 atom stereocenters. The van der Waals surface area contributed by atoms with Crippen LogP contribution >= 0.6 is 0 Å². The minimum absolute atomic E-state index is 0.0995. The van der Waals surface area contributed by atoms with Crippen LogP contribution in [0.3, 0.4) is 0 Å². The first-order chi connectivity index (χ1) is 6.15. The Kier molecular flexibility index (Phi) is 2.84. The molecule has 1 rings (SSSR count). The first kappa shape index (κ1) is 9.50. The van der Waals surface area contributed by atoms with E-state index in [9.17, 15) is 9.59 Å². The number of hydrogen-bond acceptors (Lipinski definition) is 3. The average Bonchev–Trinajstić information content (AvgIpc) is 2.44. The van der Waals surface area contributed by atoms with Crippen molar-refractivity contribution in [2.75, 3.05) is 7.05 Å². The van der Waals surface area contributed by atoms with Gasteiger partial charge in [-0.05, 0) is 0 Å². The van der Waals surface area contributed by atoms with E-state index in [4.69, 9.17) is 0 Å². The van der Waals surface area contributed by atoms with Crippen molar-refractivity contribution in [2.24, 2.45) is 7.05 Å². The lowest BCUT2D eigenvalue weighted by Crippen LogP contribution is -2.26. The van der Waals surface area contributed by atoms with Gasteiger partial charge in [-0.15, -0.1) is 0 Å². The summed E-state index contributed by atoms with van der Waals surface area (Å²) in [7, 11) is 3.18. The van der Waals surface area contributed by atoms with Gasteiger partial charge in [0.15, 0.2) is 0 Å². The Morgan fingerprint density at radius 3 is 2.85 bits per heavy atom. The van der Waals surface area contributed by atoms with Crippen LogP contribution in [0.15, 0.2) is 11.1 Å². The molecule has 0 bridgehead atoms. The third-order valence-electron chi connectivity index (χ3n) is 1.72. The Labute approximate surface area is 75.2 Å². The lowest BCUT2D eigenvalue weighted by molar-refractivity contribution is -0.120. The zero-order valence-electron chi connectivity index (χ0n) is 7.65. The van der Waals surface area contributed by atoms with Crippen LogP contribution in [-0.4, -0.2) is 27.3 Å². The van der Waals surface area contributed by atoms with Crippen LogP contribution in [0, 0.1) is 0 Å². The highest BCUT2D eigenvalue weighted by atomic mass is 16.2. The quantitative estimate of drug-likeness (QED) is 0.636. The summed E-state index contributed by atoms with van der Waals surface area (Å²) < 4.78 is 2.62. The molecule has 1 aromatic rings. The molecule has 0 saturated carbocycles. The second kappa shape index (κ2) is 3.88. The van der Waals surface area contributed by atoms with Crippen molar-refractivity contribution in [3.8, 4) is 0 Å². The van der Waals surface area contributed by atoms with Gasteiger partial charge in [0.1, 0.15) is 6.33 Å². The summed E-state index contributed by atoms with van der Waals surface area (Å²) in [4.78, 5) is 22.0. The molecule has 1 amide bonds. The van der Waals surface area contributed by atoms with Gasteiger partial charge in [-0.3, -0.25) is 9.36 Å². The topological polar surface area (TPSA) is 68.9 Å². The van der Waals surface area contributed by atoms with Gasteiger partial charge in [0.2, 0.25) is 5.91 Å². The highest BCUT2D eigenvalue weighted by molar-refractivity contribution is 5.75. The van der Waals surface area contributed by atoms with Gasteiger partial charge in [0.25, 0.3) is 0 Å². The minimum atomic E-state index is -0.205. The van der Waals surface area contributed by atoms with Crippen LogP contribution in [0.5, 0.6) is 0 Å². The molecule has 0 aromatic carbocycles. The predicted octanol–water partition coefficient (Wildman–Crippen LogP) is -1.28. The molecule has 0 radical (unpaired) electrons. The summed E-state index contributed by atoms with van der Waals surface area (Å²) in [5.41, 5.74) is -0.205. The predicted molar refractivity (Wildman–Crippen MR) is 46.2 cm³/mol. The maximum absolute atomic E-state index is 11.2. The second-order valence-corrected chi connectivity index (χ2v) is 2.67. The molecular formula is C7H12N4O2. The standard InChI is InChI=1S/C7H12N4O2/c1-8-6(12)3-4-11-7(13)10(2)5-9-11/h5H,3-4H2,1-2H3,(H,8,12). The lowest BCUT2D eigenvalue weighted by atomic mass is 10.4. The lowest BCUT2D eigenvalue weighted by Gasteiger charge is -1.98. The zero-order chi connectivity index (χ0) is 9.84. The van der Waals surface area contributed by atoms with E-state index < -0.39 is 0 Å². The Bertz CT molecular complexity index is 352. The van der Waals surface area contributed by atoms with Gasteiger partial charge < -0.3 is 5.32 Å². The average molecular weight is 184 g/mol. The highest BCUT2D eigenvalue weighted by Gasteiger charge is 2.03. The maximum Gasteiger partial charge on any atom is 0.345 e. The molecule has 1 heterocycles. The monoisotopic (exact) mass is 184 g/mol. The second-order valence-electron chi connectivity index (χ2n) is 2.67. The molecule has 0 saturated heterocycles. The maximum atomic E-state index is 11.2. The molecule has 1 N–H and O–H groups in total. The summed E-state index contributed by atoms with van der Waals surface area (Å²) in [6.45, 7) is 0.319. The number of aromatic nitrogens is 3. The summed E-state index contributed by atoms with van der Waals surface area (Å²) in [5, 5.41) is 6.28. The van der Waals surface area contributed by atoms with Crippen LogP contribution in [0.25, 0.3) is 0 Å². The summed E-state index contributed by atoms with van der Waals surface area (Å²) in [5.74, 6) is -0.0995. The van der Waals surface area contributed by atoms with Crippen LogP contribution < -0.4 is 11.0 Å². The fourth-order valence-corrected chi connectivity index (χ4v) is 0.906. The first-order valence-electron chi connectivity index (χ1n) is 3.94. The van der Waals surface area contributed by atoms with Crippen molar-refractivity contribution in [1.29, 1.82) is 0 Å². The molecule has 0 unspecified atom stereocenters. The number of carbonyl (C=O) groups excluding carboxylic acids is 1. The SMILES string of the molecule is CNC(=O)CCn1ncn(C)c1=O. The third kappa shape index (κ3) is 2.17. The number of aryl methyl sites for hydroxylation is 2. The Morgan fingerprint density at radius 2 is 2.38 bits per heavy atom. The molecule has 0 spiro atoms. The van der Waals surface area contributed by atoms with Crippen molar-refractivity contribution in [3.63, 3.8) is 0 Å². The van der Waals surface area contributed by atoms with Gasteiger partial charge in [-0.25, -0.2) is 9.48 Å². The van der Waals surface area contributed by atoms with E-state index in [2.05, 4.69) is 10.4 Å². The van der Waals surface area contributed by atoms with Gasteiger partial charge in [0.05, 0.1) is 6.54 Å². The third-order valence-corrected chi connectivity index (χ3v) is 1.72. The van der Waals surface area contributed by atoms with E-state index in [1.807, 2.05) is 0 Å². The smallest absolute Gasteiger partial charge is 0.345 e. The van der Waals surface area contributed by atoms with E-state index in [-0.39, 0.29) is 18.0 Å². The Morgan fingerprint density at radius 1 is 1.69 bits per heavy atom. The van der Waals surface area contributed by atoms with Crippen LogP contribution in [-0.2, 0) is 18.4 Å². The Hall–Kier alpha value is -1.59. The van der Waals surface area contributed by atoms with Crippen molar-refractivity contribution >= 4 is 5.91 Å². The molecule has 6 heteroatoms. The molecule has 1 aromatic heterocycles. The molecule has 6 nitrogen and oxygen atoms in total. The van der Waals surface area contributed by atoms with Crippen molar-refractivity contribution < 1.29 is 4.79 Å². The number of rotatable bonds is 3. The summed E-state index contributed by atoms with van der Waals surface area (Å²) in [6.07, 6.45) is 1.69. The fourth-order valence-electron chi connectivity index (χ4n) is 0.906. The Balaban J connectivity index is 2.60. The van der Waals surface area contributed by atoms with E-state index >= 15 is 0 Å². The number of carbonyl (C=O) groups is 1. The normalized spacial score (nSPS) is 10.0. The van der Waals surface area contributed by atoms with Crippen molar-refractivity contribution in [1.82, 2.24) is 19.7 Å². The molecular weight excluding hydrogens is 172 g/mol. The van der Waals surface area contributed by atoms with Gasteiger partial charge in [0, 0.05) is 20.5 Å². The van der Waals surface area contributed by atoms with Crippen molar-refractivity contribution in [3.05, 3.63) is 16.8 Å². The van der Waals surface area contributed by atoms with Crippen molar-refractivity contribution in [2.45, 2.75) is 13.0 Å². The van der Waals surface area contributed by atoms with E-state index in [0.717, 1.165) is 0 Å². The molecule has 0 aliphatic heterocycles. The van der Waals surface area contributed by atoms with Crippen LogP contribution in [0.4, 0.5) is 0 Å². The fraction of sp³-hybridized carbons (Fsp3) is 0.571. The number of nitrogens with one attached hydrogen (secondary N) is 1. The van der Waals surface area contributed by atoms with E-state index in [0.29, 0.717) is 6.54 Å². The van der Waals surface area contributed by atoms with E-state index in [1.165, 1.54) is 15.6 Å². The van der Waals surface area contributed by atoms with Gasteiger partial charge in [-0.1, -0.05) is 0 Å². The summed E-state index contributed by atoms with van der Waals surface area (Å²) in [6, 6.07) is 0. The number of amides is 1. The largest absolute Gasteiger partial charge is 0.359 e. The molecule has 0 fully saturated rings. The molecule has 0 aliphatic carbocycles. The van der Waals surface area contributed by atoms with Crippen LogP contribution in [0.1, 0.15) is 6.42 Å². The number of hydrogen-bond donors (Lipinski definition) is 1. The van der Waals surface area contributed by atoms with Crippen LogP contribution in [0.2, 0.25) is 0 Å². The highest BCUT2D eigenvalue weighted by Crippen LogP contribution is 1.83. The first-order valence-corrected chi connectivity index (χ1v) is 3.94. The van der Waals surface area contributed by atoms with Gasteiger partial charge in [-0.2, -0.15) is 5.10 Å². The molecule has 13 heavy (non-hydrogen) atoms. The zero-order valence-corrected chi connectivity index (χ0v) is 7.65. The minimum Gasteiger partial charge on any atom is -0.359 e. The summed E-state index contributed by atoms with van der Waals surface area (Å²) >= 11 is 0. The van der Waals surface area contributed by atoms with Gasteiger partial charge >= 0.3 is 5.69 Å². The molecule has 72 valence electrons. The number of nitrogens with zero attached hydrogens (tertiary/aromatic N) is 3. The van der Waals surface area contributed by atoms with E-state index in [1.54, 1.807) is 14.1 Å².